The summed E-state index contributed by atoms with van der Waals surface area (Å²) < 4.78 is 15.1. The van der Waals surface area contributed by atoms with Crippen LogP contribution in [0.4, 0.5) is 10.3 Å². The third kappa shape index (κ3) is 2.69. The fraction of sp³-hybridized carbons (Fsp3) is 0.462. The highest BCUT2D eigenvalue weighted by molar-refractivity contribution is 7.99. The molecule has 0 bridgehead atoms. The van der Waals surface area contributed by atoms with Gasteiger partial charge in [0.05, 0.1) is 11.0 Å². The van der Waals surface area contributed by atoms with E-state index in [2.05, 4.69) is 9.88 Å². The number of benzene rings is 1. The molecule has 1 saturated heterocycles. The van der Waals surface area contributed by atoms with Gasteiger partial charge in [-0.1, -0.05) is 0 Å². The quantitative estimate of drug-likeness (QED) is 0.931. The second kappa shape index (κ2) is 5.38. The van der Waals surface area contributed by atoms with E-state index in [1.165, 1.54) is 23.6 Å². The minimum absolute atomic E-state index is 0.273. The molecule has 0 saturated carbocycles. The Balaban J connectivity index is 1.78. The molecule has 0 spiro atoms. The third-order valence-corrected chi connectivity index (χ3v) is 4.43. The second-order valence-electron chi connectivity index (χ2n) is 4.71. The van der Waals surface area contributed by atoms with Gasteiger partial charge in [-0.3, -0.25) is 4.90 Å². The van der Waals surface area contributed by atoms with Crippen molar-refractivity contribution in [1.29, 1.82) is 0 Å². The molecule has 0 atom stereocenters. The highest BCUT2D eigenvalue weighted by atomic mass is 32.2. The van der Waals surface area contributed by atoms with Crippen molar-refractivity contribution in [2.24, 2.45) is 0 Å². The lowest BCUT2D eigenvalue weighted by Crippen LogP contribution is -2.35. The lowest BCUT2D eigenvalue weighted by atomic mass is 10.3. The van der Waals surface area contributed by atoms with E-state index in [1.807, 2.05) is 16.3 Å². The number of hydrogen-bond acceptors (Lipinski definition) is 4. The van der Waals surface area contributed by atoms with Crippen LogP contribution in [0.3, 0.4) is 0 Å². The first-order chi connectivity index (χ1) is 9.24. The molecule has 1 aromatic heterocycles. The van der Waals surface area contributed by atoms with Gasteiger partial charge in [0.1, 0.15) is 5.82 Å². The number of thioether (sulfide) groups is 1. The van der Waals surface area contributed by atoms with Crippen LogP contribution in [0, 0.1) is 5.82 Å². The lowest BCUT2D eigenvalue weighted by Gasteiger charge is -2.26. The van der Waals surface area contributed by atoms with Gasteiger partial charge in [0.15, 0.2) is 0 Å². The van der Waals surface area contributed by atoms with Gasteiger partial charge in [0, 0.05) is 43.8 Å². The van der Waals surface area contributed by atoms with E-state index in [-0.39, 0.29) is 5.82 Å². The molecule has 6 heteroatoms. The van der Waals surface area contributed by atoms with Gasteiger partial charge >= 0.3 is 0 Å². The zero-order valence-electron chi connectivity index (χ0n) is 10.7. The van der Waals surface area contributed by atoms with E-state index in [0.717, 1.165) is 31.7 Å². The number of halogens is 1. The summed E-state index contributed by atoms with van der Waals surface area (Å²) in [5.41, 5.74) is 7.46. The summed E-state index contributed by atoms with van der Waals surface area (Å²) >= 11 is 2.00. The maximum absolute atomic E-state index is 13.2. The standard InChI is InChI=1S/C13H17FN4S/c14-10-1-2-12-11(9-10)16-13(15)18(12)4-3-17-5-7-19-8-6-17/h1-2,9H,3-8H2,(H2,15,16). The minimum Gasteiger partial charge on any atom is -0.369 e. The highest BCUT2D eigenvalue weighted by Crippen LogP contribution is 2.19. The van der Waals surface area contributed by atoms with Crippen LogP contribution in [0.1, 0.15) is 0 Å². The molecule has 3 rings (SSSR count). The largest absolute Gasteiger partial charge is 0.369 e. The van der Waals surface area contributed by atoms with Gasteiger partial charge in [-0.25, -0.2) is 9.37 Å². The van der Waals surface area contributed by atoms with E-state index in [4.69, 9.17) is 5.73 Å². The summed E-state index contributed by atoms with van der Waals surface area (Å²) in [6.07, 6.45) is 0. The van der Waals surface area contributed by atoms with E-state index in [0.29, 0.717) is 11.5 Å². The summed E-state index contributed by atoms with van der Waals surface area (Å²) in [4.78, 5) is 6.65. The molecule has 4 nitrogen and oxygen atoms in total. The van der Waals surface area contributed by atoms with Crippen LogP contribution in [-0.4, -0.2) is 45.6 Å². The summed E-state index contributed by atoms with van der Waals surface area (Å²) in [6.45, 7) is 4.03. The lowest BCUT2D eigenvalue weighted by molar-refractivity contribution is 0.291. The van der Waals surface area contributed by atoms with Crippen molar-refractivity contribution >= 4 is 28.7 Å². The first kappa shape index (κ1) is 12.7. The first-order valence-electron chi connectivity index (χ1n) is 6.45. The van der Waals surface area contributed by atoms with Crippen LogP contribution < -0.4 is 5.73 Å². The summed E-state index contributed by atoms with van der Waals surface area (Å²) in [6, 6.07) is 4.64. The van der Waals surface area contributed by atoms with Crippen molar-refractivity contribution in [3.63, 3.8) is 0 Å². The Morgan fingerprint density at radius 1 is 1.26 bits per heavy atom. The molecule has 1 fully saturated rings. The van der Waals surface area contributed by atoms with Crippen LogP contribution in [-0.2, 0) is 6.54 Å². The number of nitrogens with two attached hydrogens (primary N) is 1. The number of nitrogens with zero attached hydrogens (tertiary/aromatic N) is 3. The normalized spacial score (nSPS) is 17.1. The number of anilines is 1. The van der Waals surface area contributed by atoms with Crippen molar-refractivity contribution in [3.8, 4) is 0 Å². The van der Waals surface area contributed by atoms with Crippen LogP contribution >= 0.6 is 11.8 Å². The van der Waals surface area contributed by atoms with Gasteiger partial charge in [-0.05, 0) is 12.1 Å². The summed E-state index contributed by atoms with van der Waals surface area (Å²) in [5, 5.41) is 0. The van der Waals surface area contributed by atoms with Crippen molar-refractivity contribution in [1.82, 2.24) is 14.5 Å². The fourth-order valence-corrected chi connectivity index (χ4v) is 3.40. The summed E-state index contributed by atoms with van der Waals surface area (Å²) in [5.74, 6) is 2.59. The van der Waals surface area contributed by atoms with Crippen molar-refractivity contribution < 1.29 is 4.39 Å². The predicted molar refractivity (Wildman–Crippen MR) is 77.9 cm³/mol. The maximum atomic E-state index is 13.2. The molecular formula is C13H17FN4S. The Labute approximate surface area is 115 Å². The SMILES string of the molecule is Nc1nc2cc(F)ccc2n1CCN1CCSCC1. The molecule has 1 aliphatic heterocycles. The predicted octanol–water partition coefficient (Wildman–Crippen LogP) is 1.81. The molecule has 2 N–H and O–H groups in total. The van der Waals surface area contributed by atoms with Crippen LogP contribution in [0.5, 0.6) is 0 Å². The molecule has 19 heavy (non-hydrogen) atoms. The number of imidazole rings is 1. The fourth-order valence-electron chi connectivity index (χ4n) is 2.42. The van der Waals surface area contributed by atoms with Gasteiger partial charge in [-0.2, -0.15) is 11.8 Å². The Kier molecular flexibility index (Phi) is 3.61. The molecular weight excluding hydrogens is 263 g/mol. The maximum Gasteiger partial charge on any atom is 0.201 e. The first-order valence-corrected chi connectivity index (χ1v) is 7.61. The number of aromatic nitrogens is 2. The number of rotatable bonds is 3. The Bertz CT molecular complexity index is 577. The molecule has 2 heterocycles. The average molecular weight is 280 g/mol. The monoisotopic (exact) mass is 280 g/mol. The zero-order chi connectivity index (χ0) is 13.2. The van der Waals surface area contributed by atoms with Gasteiger partial charge in [0.25, 0.3) is 0 Å². The molecule has 0 radical (unpaired) electrons. The van der Waals surface area contributed by atoms with E-state index in [1.54, 1.807) is 6.07 Å². The molecule has 102 valence electrons. The topological polar surface area (TPSA) is 47.1 Å². The summed E-state index contributed by atoms with van der Waals surface area (Å²) in [7, 11) is 0. The molecule has 1 aromatic carbocycles. The molecule has 2 aromatic rings. The van der Waals surface area contributed by atoms with Gasteiger partial charge < -0.3 is 10.3 Å². The number of hydrogen-bond donors (Lipinski definition) is 1. The average Bonchev–Trinajstić information content (AvgIpc) is 2.72. The third-order valence-electron chi connectivity index (χ3n) is 3.48. The smallest absolute Gasteiger partial charge is 0.201 e. The van der Waals surface area contributed by atoms with Crippen molar-refractivity contribution in [2.75, 3.05) is 36.9 Å². The number of nitrogen functional groups attached to an aromatic ring is 1. The molecule has 1 aliphatic rings. The van der Waals surface area contributed by atoms with E-state index < -0.39 is 0 Å². The van der Waals surface area contributed by atoms with Crippen molar-refractivity contribution in [3.05, 3.63) is 24.0 Å². The van der Waals surface area contributed by atoms with Crippen molar-refractivity contribution in [2.45, 2.75) is 6.54 Å². The van der Waals surface area contributed by atoms with Crippen LogP contribution in [0.25, 0.3) is 11.0 Å². The van der Waals surface area contributed by atoms with Crippen LogP contribution in [0.2, 0.25) is 0 Å². The van der Waals surface area contributed by atoms with Gasteiger partial charge in [0.2, 0.25) is 5.95 Å². The van der Waals surface area contributed by atoms with E-state index >= 15 is 0 Å². The minimum atomic E-state index is -0.273. The second-order valence-corrected chi connectivity index (χ2v) is 5.93. The molecule has 0 amide bonds. The Morgan fingerprint density at radius 2 is 2.05 bits per heavy atom. The molecule has 0 aliphatic carbocycles. The van der Waals surface area contributed by atoms with Crippen LogP contribution in [0.15, 0.2) is 18.2 Å². The highest BCUT2D eigenvalue weighted by Gasteiger charge is 2.13. The zero-order valence-corrected chi connectivity index (χ0v) is 11.5. The van der Waals surface area contributed by atoms with Gasteiger partial charge in [-0.15, -0.1) is 0 Å². The number of fused-ring (bicyclic) bond motifs is 1. The van der Waals surface area contributed by atoms with E-state index in [9.17, 15) is 4.39 Å². The Hall–Kier alpha value is -1.27. The molecule has 0 unspecified atom stereocenters. The Morgan fingerprint density at radius 3 is 2.84 bits per heavy atom.